The van der Waals surface area contributed by atoms with E-state index in [9.17, 15) is 4.79 Å². The van der Waals surface area contributed by atoms with E-state index in [0.717, 1.165) is 22.2 Å². The summed E-state index contributed by atoms with van der Waals surface area (Å²) in [6.45, 7) is 2.13. The summed E-state index contributed by atoms with van der Waals surface area (Å²) in [6, 6.07) is 9.57. The standard InChI is InChI=1S/C15H12N2O2/c1-2-19-15(18)11-9-17-12-7-3-5-10-6-4-8-16-14(10)13(11)12/h3-9H,2H2,1H3. The molecule has 4 heteroatoms. The third-order valence-corrected chi connectivity index (χ3v) is 2.96. The summed E-state index contributed by atoms with van der Waals surface area (Å²) in [7, 11) is 0. The van der Waals surface area contributed by atoms with Gasteiger partial charge in [0.25, 0.3) is 0 Å². The van der Waals surface area contributed by atoms with Crippen LogP contribution in [-0.2, 0) is 4.74 Å². The minimum Gasteiger partial charge on any atom is -0.462 e. The molecule has 0 radical (unpaired) electrons. The first-order valence-electron chi connectivity index (χ1n) is 6.11. The van der Waals surface area contributed by atoms with Crippen LogP contribution in [0.2, 0.25) is 0 Å². The van der Waals surface area contributed by atoms with E-state index in [2.05, 4.69) is 9.97 Å². The monoisotopic (exact) mass is 252 g/mol. The Balaban J connectivity index is 2.33. The van der Waals surface area contributed by atoms with Gasteiger partial charge in [-0.3, -0.25) is 9.97 Å². The summed E-state index contributed by atoms with van der Waals surface area (Å²) < 4.78 is 5.07. The van der Waals surface area contributed by atoms with Crippen LogP contribution in [-0.4, -0.2) is 22.5 Å². The van der Waals surface area contributed by atoms with Crippen LogP contribution in [0.5, 0.6) is 0 Å². The van der Waals surface area contributed by atoms with Crippen molar-refractivity contribution < 1.29 is 9.53 Å². The van der Waals surface area contributed by atoms with Gasteiger partial charge in [0.1, 0.15) is 0 Å². The topological polar surface area (TPSA) is 52.1 Å². The van der Waals surface area contributed by atoms with Crippen LogP contribution in [0.3, 0.4) is 0 Å². The Morgan fingerprint density at radius 2 is 2.05 bits per heavy atom. The zero-order valence-corrected chi connectivity index (χ0v) is 10.5. The lowest BCUT2D eigenvalue weighted by atomic mass is 10.1. The van der Waals surface area contributed by atoms with Crippen LogP contribution in [0.4, 0.5) is 0 Å². The van der Waals surface area contributed by atoms with Crippen molar-refractivity contribution in [3.63, 3.8) is 0 Å². The molecular formula is C15H12N2O2. The number of hydrogen-bond donors (Lipinski definition) is 0. The van der Waals surface area contributed by atoms with Crippen molar-refractivity contribution in [3.05, 3.63) is 48.3 Å². The summed E-state index contributed by atoms with van der Waals surface area (Å²) in [5.41, 5.74) is 2.73. The minimum absolute atomic E-state index is 0.343. The summed E-state index contributed by atoms with van der Waals surface area (Å²) in [4.78, 5) is 20.6. The normalized spacial score (nSPS) is 10.8. The molecule has 1 aromatic heterocycles. The van der Waals surface area contributed by atoms with Gasteiger partial charge in [0, 0.05) is 23.3 Å². The zero-order chi connectivity index (χ0) is 13.2. The fourth-order valence-electron chi connectivity index (χ4n) is 2.14. The Bertz CT molecular complexity index is 724. The molecule has 0 spiro atoms. The van der Waals surface area contributed by atoms with Gasteiger partial charge in [-0.1, -0.05) is 18.2 Å². The first-order valence-corrected chi connectivity index (χ1v) is 6.11. The highest BCUT2D eigenvalue weighted by molar-refractivity contribution is 6.05. The Hall–Kier alpha value is -2.49. The lowest BCUT2D eigenvalue weighted by Crippen LogP contribution is -2.04. The molecule has 1 aliphatic heterocycles. The maximum atomic E-state index is 12.0. The number of rotatable bonds is 2. The third-order valence-electron chi connectivity index (χ3n) is 2.96. The predicted molar refractivity (Wildman–Crippen MR) is 72.1 cm³/mol. The molecule has 0 saturated heterocycles. The Morgan fingerprint density at radius 1 is 1.21 bits per heavy atom. The van der Waals surface area contributed by atoms with Gasteiger partial charge >= 0.3 is 5.97 Å². The highest BCUT2D eigenvalue weighted by Gasteiger charge is 2.20. The quantitative estimate of drug-likeness (QED) is 0.658. The number of hydrogen-bond acceptors (Lipinski definition) is 4. The van der Waals surface area contributed by atoms with Gasteiger partial charge in [0.2, 0.25) is 0 Å². The van der Waals surface area contributed by atoms with Crippen molar-refractivity contribution >= 4 is 16.9 Å². The van der Waals surface area contributed by atoms with Crippen molar-refractivity contribution in [1.82, 2.24) is 9.97 Å². The second-order valence-electron chi connectivity index (χ2n) is 4.12. The van der Waals surface area contributed by atoms with Crippen molar-refractivity contribution in [2.45, 2.75) is 6.92 Å². The van der Waals surface area contributed by atoms with Crippen molar-refractivity contribution in [2.24, 2.45) is 0 Å². The molecule has 0 bridgehead atoms. The van der Waals surface area contributed by atoms with Gasteiger partial charge in [-0.05, 0) is 19.1 Å². The molecule has 4 nitrogen and oxygen atoms in total. The average molecular weight is 252 g/mol. The molecule has 0 unspecified atom stereocenters. The van der Waals surface area contributed by atoms with Crippen molar-refractivity contribution in [3.8, 4) is 11.3 Å². The van der Waals surface area contributed by atoms with E-state index >= 15 is 0 Å². The second-order valence-corrected chi connectivity index (χ2v) is 4.12. The fraction of sp³-hybridized carbons (Fsp3) is 0.133. The summed E-state index contributed by atoms with van der Waals surface area (Å²) in [5, 5.41) is 0.969. The molecule has 2 aliphatic rings. The Kier molecular flexibility index (Phi) is 2.83. The molecule has 0 aromatic carbocycles. The molecular weight excluding hydrogens is 240 g/mol. The predicted octanol–water partition coefficient (Wildman–Crippen LogP) is 2.91. The zero-order valence-electron chi connectivity index (χ0n) is 10.5. The van der Waals surface area contributed by atoms with Gasteiger partial charge < -0.3 is 4.74 Å². The van der Waals surface area contributed by atoms with Crippen LogP contribution in [0.25, 0.3) is 22.2 Å². The number of ether oxygens (including phenoxy) is 1. The van der Waals surface area contributed by atoms with Crippen LogP contribution in [0, 0.1) is 0 Å². The maximum absolute atomic E-state index is 12.0. The molecule has 0 fully saturated rings. The van der Waals surface area contributed by atoms with Gasteiger partial charge in [-0.25, -0.2) is 4.79 Å². The second kappa shape index (κ2) is 4.65. The number of carbonyl (C=O) groups excluding carboxylic acids is 1. The summed E-state index contributed by atoms with van der Waals surface area (Å²) >= 11 is 0. The van der Waals surface area contributed by atoms with E-state index in [1.54, 1.807) is 19.3 Å². The largest absolute Gasteiger partial charge is 0.462 e. The molecule has 2 heterocycles. The van der Waals surface area contributed by atoms with E-state index in [-0.39, 0.29) is 5.97 Å². The SMILES string of the molecule is CCOC(=O)c1cnc2cccc3cccnc3c1-2. The Labute approximate surface area is 110 Å². The first-order chi connectivity index (χ1) is 9.31. The average Bonchev–Trinajstić information content (AvgIpc) is 2.75. The number of esters is 1. The molecule has 0 amide bonds. The number of carbonyl (C=O) groups is 1. The summed E-state index contributed by atoms with van der Waals surface area (Å²) in [6.07, 6.45) is 3.26. The third kappa shape index (κ3) is 1.91. The molecule has 0 saturated carbocycles. The van der Waals surface area contributed by atoms with Gasteiger partial charge in [0.15, 0.2) is 0 Å². The molecule has 3 rings (SSSR count). The highest BCUT2D eigenvalue weighted by Crippen LogP contribution is 2.31. The van der Waals surface area contributed by atoms with E-state index < -0.39 is 0 Å². The van der Waals surface area contributed by atoms with Gasteiger partial charge in [-0.15, -0.1) is 0 Å². The van der Waals surface area contributed by atoms with Gasteiger partial charge in [0.05, 0.1) is 23.4 Å². The number of fused-ring (bicyclic) bond motifs is 3. The fourth-order valence-corrected chi connectivity index (χ4v) is 2.14. The minimum atomic E-state index is -0.358. The molecule has 94 valence electrons. The molecule has 0 N–H and O–H groups in total. The molecule has 0 atom stereocenters. The smallest absolute Gasteiger partial charge is 0.340 e. The van der Waals surface area contributed by atoms with Crippen LogP contribution >= 0.6 is 0 Å². The number of aromatic nitrogens is 2. The molecule has 19 heavy (non-hydrogen) atoms. The first kappa shape index (κ1) is 11.6. The molecule has 1 aromatic rings. The van der Waals surface area contributed by atoms with E-state index in [1.165, 1.54) is 0 Å². The Morgan fingerprint density at radius 3 is 2.89 bits per heavy atom. The van der Waals surface area contributed by atoms with E-state index in [0.29, 0.717) is 12.2 Å². The van der Waals surface area contributed by atoms with E-state index in [1.807, 2.05) is 30.3 Å². The van der Waals surface area contributed by atoms with Crippen molar-refractivity contribution in [1.29, 1.82) is 0 Å². The molecule has 1 aliphatic carbocycles. The number of nitrogens with zero attached hydrogens (tertiary/aromatic N) is 2. The summed E-state index contributed by atoms with van der Waals surface area (Å²) in [5.74, 6) is -0.358. The maximum Gasteiger partial charge on any atom is 0.340 e. The van der Waals surface area contributed by atoms with Gasteiger partial charge in [-0.2, -0.15) is 0 Å². The van der Waals surface area contributed by atoms with Crippen LogP contribution in [0.1, 0.15) is 17.3 Å². The lowest BCUT2D eigenvalue weighted by Gasteiger charge is -2.02. The highest BCUT2D eigenvalue weighted by atomic mass is 16.5. The van der Waals surface area contributed by atoms with Crippen molar-refractivity contribution in [2.75, 3.05) is 6.61 Å². The number of pyridine rings is 1. The van der Waals surface area contributed by atoms with Crippen LogP contribution in [0.15, 0.2) is 42.7 Å². The van der Waals surface area contributed by atoms with Crippen LogP contribution < -0.4 is 0 Å². The van der Waals surface area contributed by atoms with E-state index in [4.69, 9.17) is 4.74 Å². The lowest BCUT2D eigenvalue weighted by molar-refractivity contribution is 0.0527.